The van der Waals surface area contributed by atoms with Crippen molar-refractivity contribution < 1.29 is 23.5 Å². The van der Waals surface area contributed by atoms with Crippen molar-refractivity contribution in [3.8, 4) is 5.75 Å². The normalized spacial score (nSPS) is 11.4. The molecule has 0 saturated carbocycles. The number of rotatable bonds is 6. The second kappa shape index (κ2) is 8.84. The number of carbonyl (C=O) groups excluding carboxylic acids is 2. The molecule has 7 heteroatoms. The quantitative estimate of drug-likeness (QED) is 0.819. The van der Waals surface area contributed by atoms with Crippen molar-refractivity contribution in [2.45, 2.75) is 19.9 Å². The lowest BCUT2D eigenvalue weighted by Gasteiger charge is -2.16. The van der Waals surface area contributed by atoms with Crippen LogP contribution >= 0.6 is 0 Å². The second-order valence-electron chi connectivity index (χ2n) is 5.52. The van der Waals surface area contributed by atoms with E-state index in [0.717, 1.165) is 0 Å². The molecule has 0 saturated heterocycles. The third-order valence-corrected chi connectivity index (χ3v) is 3.67. The topological polar surface area (TPSA) is 76.7 Å². The maximum absolute atomic E-state index is 13.8. The fourth-order valence-electron chi connectivity index (χ4n) is 2.34. The Morgan fingerprint density at radius 2 is 1.96 bits per heavy atom. The van der Waals surface area contributed by atoms with E-state index in [1.165, 1.54) is 25.3 Å². The van der Waals surface area contributed by atoms with Gasteiger partial charge in [0.25, 0.3) is 5.91 Å². The predicted octanol–water partition coefficient (Wildman–Crippen LogP) is 3.89. The van der Waals surface area contributed by atoms with Gasteiger partial charge in [-0.25, -0.2) is 9.18 Å². The minimum absolute atomic E-state index is 0.144. The molecule has 0 heterocycles. The van der Waals surface area contributed by atoms with Gasteiger partial charge in [0, 0.05) is 11.3 Å². The average Bonchev–Trinajstić information content (AvgIpc) is 2.62. The Kier molecular flexibility index (Phi) is 6.54. The minimum Gasteiger partial charge on any atom is -0.494 e. The highest BCUT2D eigenvalue weighted by atomic mass is 19.1. The Hall–Kier alpha value is -3.09. The average molecular weight is 360 g/mol. The first-order chi connectivity index (χ1) is 12.4. The van der Waals surface area contributed by atoms with E-state index in [2.05, 4.69) is 10.6 Å². The highest BCUT2D eigenvalue weighted by molar-refractivity contribution is 5.96. The summed E-state index contributed by atoms with van der Waals surface area (Å²) in [6.45, 7) is 3.70. The molecule has 2 aromatic carbocycles. The van der Waals surface area contributed by atoms with Crippen molar-refractivity contribution in [2.24, 2.45) is 0 Å². The lowest BCUT2D eigenvalue weighted by Crippen LogP contribution is -2.26. The summed E-state index contributed by atoms with van der Waals surface area (Å²) in [4.78, 5) is 23.9. The molecule has 2 amide bonds. The van der Waals surface area contributed by atoms with Gasteiger partial charge in [0.2, 0.25) is 0 Å². The number of nitrogens with one attached hydrogen (secondary N) is 2. The zero-order chi connectivity index (χ0) is 19.1. The summed E-state index contributed by atoms with van der Waals surface area (Å²) >= 11 is 0. The summed E-state index contributed by atoms with van der Waals surface area (Å²) in [6.07, 6.45) is -0.591. The summed E-state index contributed by atoms with van der Waals surface area (Å²) in [5, 5.41) is 5.33. The van der Waals surface area contributed by atoms with Gasteiger partial charge < -0.3 is 14.8 Å². The molecule has 26 heavy (non-hydrogen) atoms. The van der Waals surface area contributed by atoms with E-state index in [4.69, 9.17) is 9.47 Å². The van der Waals surface area contributed by atoms with Gasteiger partial charge in [-0.1, -0.05) is 12.1 Å². The van der Waals surface area contributed by atoms with E-state index in [1.54, 1.807) is 38.1 Å². The molecule has 0 unspecified atom stereocenters. The molecule has 138 valence electrons. The predicted molar refractivity (Wildman–Crippen MR) is 95.9 cm³/mol. The first-order valence-corrected chi connectivity index (χ1v) is 8.12. The molecule has 0 radical (unpaired) electrons. The summed E-state index contributed by atoms with van der Waals surface area (Å²) in [5.41, 5.74) is 1.41. The number of methoxy groups -OCH3 is 1. The lowest BCUT2D eigenvalue weighted by atomic mass is 10.1. The number of anilines is 1. The van der Waals surface area contributed by atoms with Crippen LogP contribution in [0.1, 0.15) is 35.8 Å². The highest BCUT2D eigenvalue weighted by Crippen LogP contribution is 2.22. The van der Waals surface area contributed by atoms with Gasteiger partial charge in [-0.05, 0) is 49.7 Å². The molecule has 0 aromatic heterocycles. The van der Waals surface area contributed by atoms with Gasteiger partial charge in [0.05, 0.1) is 19.8 Å². The zero-order valence-electron chi connectivity index (χ0n) is 14.8. The zero-order valence-corrected chi connectivity index (χ0v) is 14.8. The molecular formula is C19H21FN2O4. The Morgan fingerprint density at radius 3 is 2.62 bits per heavy atom. The highest BCUT2D eigenvalue weighted by Gasteiger charge is 2.14. The monoisotopic (exact) mass is 360 g/mol. The first-order valence-electron chi connectivity index (χ1n) is 8.12. The van der Waals surface area contributed by atoms with Gasteiger partial charge in [-0.3, -0.25) is 10.1 Å². The van der Waals surface area contributed by atoms with E-state index >= 15 is 0 Å². The van der Waals surface area contributed by atoms with E-state index in [-0.39, 0.29) is 18.3 Å². The molecule has 0 aliphatic rings. The Bertz CT molecular complexity index is 795. The van der Waals surface area contributed by atoms with Gasteiger partial charge in [-0.15, -0.1) is 0 Å². The van der Waals surface area contributed by atoms with Crippen LogP contribution in [0.5, 0.6) is 5.75 Å². The van der Waals surface area contributed by atoms with Crippen molar-refractivity contribution in [1.29, 1.82) is 0 Å². The van der Waals surface area contributed by atoms with E-state index < -0.39 is 18.0 Å². The van der Waals surface area contributed by atoms with Crippen LogP contribution < -0.4 is 15.4 Å². The van der Waals surface area contributed by atoms with Crippen LogP contribution in [0.4, 0.5) is 14.9 Å². The third-order valence-electron chi connectivity index (χ3n) is 3.67. The van der Waals surface area contributed by atoms with Crippen LogP contribution in [0.25, 0.3) is 0 Å². The Morgan fingerprint density at radius 1 is 1.19 bits per heavy atom. The van der Waals surface area contributed by atoms with Gasteiger partial charge in [0.1, 0.15) is 0 Å². The van der Waals surface area contributed by atoms with Crippen molar-refractivity contribution in [3.63, 3.8) is 0 Å². The van der Waals surface area contributed by atoms with Crippen molar-refractivity contribution in [2.75, 3.05) is 19.0 Å². The summed E-state index contributed by atoms with van der Waals surface area (Å²) in [6, 6.07) is 10.6. The van der Waals surface area contributed by atoms with Gasteiger partial charge in [0.15, 0.2) is 11.6 Å². The van der Waals surface area contributed by atoms with Crippen LogP contribution in [-0.2, 0) is 4.74 Å². The number of benzene rings is 2. The van der Waals surface area contributed by atoms with E-state index in [0.29, 0.717) is 16.8 Å². The van der Waals surface area contributed by atoms with Crippen molar-refractivity contribution >= 4 is 17.7 Å². The van der Waals surface area contributed by atoms with Crippen LogP contribution in [0.2, 0.25) is 0 Å². The maximum Gasteiger partial charge on any atom is 0.411 e. The number of carbonyl (C=O) groups is 2. The van der Waals surface area contributed by atoms with Gasteiger partial charge >= 0.3 is 6.09 Å². The van der Waals surface area contributed by atoms with Crippen LogP contribution in [0.15, 0.2) is 42.5 Å². The van der Waals surface area contributed by atoms with Crippen molar-refractivity contribution in [3.05, 3.63) is 59.4 Å². The molecule has 2 N–H and O–H groups in total. The van der Waals surface area contributed by atoms with Crippen molar-refractivity contribution in [1.82, 2.24) is 5.32 Å². The van der Waals surface area contributed by atoms with E-state index in [9.17, 15) is 14.0 Å². The molecule has 1 atom stereocenters. The first kappa shape index (κ1) is 19.2. The summed E-state index contributed by atoms with van der Waals surface area (Å²) in [7, 11) is 1.39. The fraction of sp³-hybridized carbons (Fsp3) is 0.263. The summed E-state index contributed by atoms with van der Waals surface area (Å²) < 4.78 is 23.5. The molecule has 2 rings (SSSR count). The number of hydrogen-bond acceptors (Lipinski definition) is 4. The maximum atomic E-state index is 13.8. The smallest absolute Gasteiger partial charge is 0.411 e. The summed E-state index contributed by atoms with van der Waals surface area (Å²) in [5.74, 6) is -0.696. The molecule has 0 aliphatic carbocycles. The third kappa shape index (κ3) is 4.95. The standard InChI is InChI=1S/C19H21FN2O4/c1-4-26-19(24)22-15-7-5-6-14(10-15)18(23)21-12(2)13-8-9-17(25-3)16(20)11-13/h5-12H,4H2,1-3H3,(H,21,23)(H,22,24)/t12-/m1/s1. The number of amides is 2. The fourth-order valence-corrected chi connectivity index (χ4v) is 2.34. The molecule has 0 fully saturated rings. The van der Waals surface area contributed by atoms with E-state index in [1.807, 2.05) is 0 Å². The second-order valence-corrected chi connectivity index (χ2v) is 5.52. The molecular weight excluding hydrogens is 339 g/mol. The Balaban J connectivity index is 2.07. The van der Waals surface area contributed by atoms with Crippen LogP contribution in [0, 0.1) is 5.82 Å². The van der Waals surface area contributed by atoms with Gasteiger partial charge in [-0.2, -0.15) is 0 Å². The largest absolute Gasteiger partial charge is 0.494 e. The van der Waals surface area contributed by atoms with Crippen LogP contribution in [0.3, 0.4) is 0 Å². The molecule has 2 aromatic rings. The number of hydrogen-bond donors (Lipinski definition) is 2. The molecule has 0 bridgehead atoms. The Labute approximate surface area is 151 Å². The minimum atomic E-state index is -0.591. The SMILES string of the molecule is CCOC(=O)Nc1cccc(C(=O)N[C@H](C)c2ccc(OC)c(F)c2)c1. The number of ether oxygens (including phenoxy) is 2. The van der Waals surface area contributed by atoms with Crippen LogP contribution in [-0.4, -0.2) is 25.7 Å². The number of halogens is 1. The molecule has 6 nitrogen and oxygen atoms in total. The molecule has 0 spiro atoms. The lowest BCUT2D eigenvalue weighted by molar-refractivity contribution is 0.0939. The molecule has 0 aliphatic heterocycles.